The molecule has 2 nitrogen and oxygen atoms in total. The van der Waals surface area contributed by atoms with Gasteiger partial charge in [0.1, 0.15) is 15.8 Å². The summed E-state index contributed by atoms with van der Waals surface area (Å²) in [5.41, 5.74) is 1.76. The Bertz CT molecular complexity index is 484. The van der Waals surface area contributed by atoms with Crippen molar-refractivity contribution in [1.82, 2.24) is 10.2 Å². The van der Waals surface area contributed by atoms with Crippen molar-refractivity contribution >= 4 is 22.9 Å². The zero-order valence-electron chi connectivity index (χ0n) is 8.00. The topological polar surface area (TPSA) is 25.8 Å². The lowest BCUT2D eigenvalue weighted by atomic mass is 10.1. The standard InChI is InChI=1S/C10H8ClFN2S/c1-6-2-3-7(12)4-8(6)10-14-13-9(5-11)15-10/h2-4H,5H2,1H3. The van der Waals surface area contributed by atoms with Gasteiger partial charge in [-0.2, -0.15) is 0 Å². The monoisotopic (exact) mass is 242 g/mol. The van der Waals surface area contributed by atoms with Crippen molar-refractivity contribution in [3.63, 3.8) is 0 Å². The highest BCUT2D eigenvalue weighted by Crippen LogP contribution is 2.27. The summed E-state index contributed by atoms with van der Waals surface area (Å²) < 4.78 is 13.1. The summed E-state index contributed by atoms with van der Waals surface area (Å²) in [6, 6.07) is 4.63. The fourth-order valence-corrected chi connectivity index (χ4v) is 2.23. The highest BCUT2D eigenvalue weighted by molar-refractivity contribution is 7.14. The third-order valence-corrected chi connectivity index (χ3v) is 3.38. The van der Waals surface area contributed by atoms with Crippen LogP contribution in [0.2, 0.25) is 0 Å². The third-order valence-electron chi connectivity index (χ3n) is 2.01. The van der Waals surface area contributed by atoms with Crippen molar-refractivity contribution in [2.45, 2.75) is 12.8 Å². The van der Waals surface area contributed by atoms with Gasteiger partial charge in [-0.05, 0) is 24.6 Å². The van der Waals surface area contributed by atoms with Crippen molar-refractivity contribution in [3.8, 4) is 10.6 Å². The van der Waals surface area contributed by atoms with Gasteiger partial charge in [0, 0.05) is 5.56 Å². The molecule has 0 atom stereocenters. The Labute approximate surface area is 95.7 Å². The van der Waals surface area contributed by atoms with E-state index in [9.17, 15) is 4.39 Å². The Hall–Kier alpha value is -1.00. The summed E-state index contributed by atoms with van der Waals surface area (Å²) in [7, 11) is 0. The van der Waals surface area contributed by atoms with Crippen molar-refractivity contribution < 1.29 is 4.39 Å². The summed E-state index contributed by atoms with van der Waals surface area (Å²) in [4.78, 5) is 0. The zero-order chi connectivity index (χ0) is 10.8. The number of alkyl halides is 1. The van der Waals surface area contributed by atoms with Crippen LogP contribution in [0.1, 0.15) is 10.6 Å². The number of rotatable bonds is 2. The smallest absolute Gasteiger partial charge is 0.148 e. The van der Waals surface area contributed by atoms with Crippen LogP contribution in [0, 0.1) is 12.7 Å². The van der Waals surface area contributed by atoms with Crippen LogP contribution in [0.15, 0.2) is 18.2 Å². The number of hydrogen-bond acceptors (Lipinski definition) is 3. The molecular weight excluding hydrogens is 235 g/mol. The van der Waals surface area contributed by atoms with Crippen LogP contribution in [-0.4, -0.2) is 10.2 Å². The van der Waals surface area contributed by atoms with E-state index in [1.807, 2.05) is 6.92 Å². The van der Waals surface area contributed by atoms with Crippen LogP contribution < -0.4 is 0 Å². The molecule has 0 spiro atoms. The minimum absolute atomic E-state index is 0.266. The molecule has 1 heterocycles. The van der Waals surface area contributed by atoms with E-state index in [2.05, 4.69) is 10.2 Å². The lowest BCUT2D eigenvalue weighted by Crippen LogP contribution is -1.84. The summed E-state index contributed by atoms with van der Waals surface area (Å²) in [5, 5.41) is 9.33. The van der Waals surface area contributed by atoms with Crippen molar-refractivity contribution in [3.05, 3.63) is 34.6 Å². The highest BCUT2D eigenvalue weighted by atomic mass is 35.5. The molecule has 0 saturated heterocycles. The van der Waals surface area contributed by atoms with Gasteiger partial charge in [0.15, 0.2) is 0 Å². The molecule has 0 amide bonds. The van der Waals surface area contributed by atoms with E-state index in [0.717, 1.165) is 16.1 Å². The number of hydrogen-bond donors (Lipinski definition) is 0. The first-order chi connectivity index (χ1) is 7.20. The van der Waals surface area contributed by atoms with E-state index < -0.39 is 0 Å². The lowest BCUT2D eigenvalue weighted by Gasteiger charge is -2.00. The maximum absolute atomic E-state index is 13.1. The summed E-state index contributed by atoms with van der Waals surface area (Å²) in [6.45, 7) is 1.91. The molecule has 0 radical (unpaired) electrons. The molecule has 0 bridgehead atoms. The maximum Gasteiger partial charge on any atom is 0.148 e. The molecular formula is C10H8ClFN2S. The van der Waals surface area contributed by atoms with E-state index >= 15 is 0 Å². The molecule has 0 unspecified atom stereocenters. The molecule has 2 aromatic rings. The Kier molecular flexibility index (Phi) is 2.98. The van der Waals surface area contributed by atoms with Gasteiger partial charge in [-0.3, -0.25) is 0 Å². The normalized spacial score (nSPS) is 10.6. The summed E-state index contributed by atoms with van der Waals surface area (Å²) in [6.07, 6.45) is 0. The SMILES string of the molecule is Cc1ccc(F)cc1-c1nnc(CCl)s1. The summed E-state index contributed by atoms with van der Waals surface area (Å²) in [5.74, 6) is 0.0738. The van der Waals surface area contributed by atoms with E-state index in [0.29, 0.717) is 10.9 Å². The minimum Gasteiger partial charge on any atom is -0.207 e. The second-order valence-corrected chi connectivity index (χ2v) is 4.42. The summed E-state index contributed by atoms with van der Waals surface area (Å²) >= 11 is 7.02. The Morgan fingerprint density at radius 3 is 2.87 bits per heavy atom. The van der Waals surface area contributed by atoms with E-state index in [1.54, 1.807) is 6.07 Å². The second-order valence-electron chi connectivity index (χ2n) is 3.09. The number of benzene rings is 1. The van der Waals surface area contributed by atoms with Crippen LogP contribution in [0.5, 0.6) is 0 Å². The number of aromatic nitrogens is 2. The average molecular weight is 243 g/mol. The molecule has 0 N–H and O–H groups in total. The molecule has 1 aromatic carbocycles. The lowest BCUT2D eigenvalue weighted by molar-refractivity contribution is 0.628. The molecule has 0 fully saturated rings. The predicted octanol–water partition coefficient (Wildman–Crippen LogP) is 3.39. The van der Waals surface area contributed by atoms with Crippen molar-refractivity contribution in [2.24, 2.45) is 0 Å². The molecule has 0 aliphatic rings. The molecule has 0 aliphatic carbocycles. The Morgan fingerprint density at radius 1 is 1.40 bits per heavy atom. The third kappa shape index (κ3) is 2.16. The van der Waals surface area contributed by atoms with E-state index in [1.165, 1.54) is 23.5 Å². The van der Waals surface area contributed by atoms with Crippen LogP contribution in [0.3, 0.4) is 0 Å². The zero-order valence-corrected chi connectivity index (χ0v) is 9.57. The van der Waals surface area contributed by atoms with E-state index in [4.69, 9.17) is 11.6 Å². The Morgan fingerprint density at radius 2 is 2.20 bits per heavy atom. The van der Waals surface area contributed by atoms with Crippen molar-refractivity contribution in [1.29, 1.82) is 0 Å². The first-order valence-corrected chi connectivity index (χ1v) is 5.70. The molecule has 5 heteroatoms. The molecule has 0 aliphatic heterocycles. The Balaban J connectivity index is 2.48. The number of nitrogens with zero attached hydrogens (tertiary/aromatic N) is 2. The fourth-order valence-electron chi connectivity index (χ4n) is 1.24. The predicted molar refractivity (Wildman–Crippen MR) is 59.6 cm³/mol. The highest BCUT2D eigenvalue weighted by Gasteiger charge is 2.09. The van der Waals surface area contributed by atoms with Gasteiger partial charge in [0.05, 0.1) is 5.88 Å². The van der Waals surface area contributed by atoms with Gasteiger partial charge < -0.3 is 0 Å². The van der Waals surface area contributed by atoms with Crippen LogP contribution >= 0.6 is 22.9 Å². The first kappa shape index (κ1) is 10.5. The van der Waals surface area contributed by atoms with Gasteiger partial charge in [-0.25, -0.2) is 4.39 Å². The van der Waals surface area contributed by atoms with Crippen molar-refractivity contribution in [2.75, 3.05) is 0 Å². The molecule has 2 rings (SSSR count). The van der Waals surface area contributed by atoms with Gasteiger partial charge in [-0.15, -0.1) is 21.8 Å². The molecule has 15 heavy (non-hydrogen) atoms. The average Bonchev–Trinajstić information content (AvgIpc) is 2.70. The number of halogens is 2. The molecule has 0 saturated carbocycles. The van der Waals surface area contributed by atoms with Crippen LogP contribution in [0.25, 0.3) is 10.6 Å². The van der Waals surface area contributed by atoms with Gasteiger partial charge in [0.2, 0.25) is 0 Å². The van der Waals surface area contributed by atoms with Gasteiger partial charge in [-0.1, -0.05) is 17.4 Å². The van der Waals surface area contributed by atoms with Crippen LogP contribution in [0.4, 0.5) is 4.39 Å². The fraction of sp³-hybridized carbons (Fsp3) is 0.200. The second kappa shape index (κ2) is 4.24. The molecule has 1 aromatic heterocycles. The van der Waals surface area contributed by atoms with Gasteiger partial charge >= 0.3 is 0 Å². The quantitative estimate of drug-likeness (QED) is 0.755. The van der Waals surface area contributed by atoms with Gasteiger partial charge in [0.25, 0.3) is 0 Å². The van der Waals surface area contributed by atoms with Crippen LogP contribution in [-0.2, 0) is 5.88 Å². The molecule has 78 valence electrons. The van der Waals surface area contributed by atoms with E-state index in [-0.39, 0.29) is 5.82 Å². The maximum atomic E-state index is 13.1. The minimum atomic E-state index is -0.266. The largest absolute Gasteiger partial charge is 0.207 e. The first-order valence-electron chi connectivity index (χ1n) is 4.35. The number of aryl methyl sites for hydroxylation is 1.